The number of ketones is 1. The third kappa shape index (κ3) is 2.52. The van der Waals surface area contributed by atoms with Crippen molar-refractivity contribution >= 4 is 27.6 Å². The Labute approximate surface area is 138 Å². The van der Waals surface area contributed by atoms with Gasteiger partial charge in [0.25, 0.3) is 0 Å². The molecule has 0 N–H and O–H groups in total. The zero-order valence-electron chi connectivity index (χ0n) is 12.8. The maximum atomic E-state index is 12.6. The molecule has 4 nitrogen and oxygen atoms in total. The maximum Gasteiger partial charge on any atom is 0.242 e. The van der Waals surface area contributed by atoms with Crippen LogP contribution in [0.2, 0.25) is 0 Å². The summed E-state index contributed by atoms with van der Waals surface area (Å²) in [4.78, 5) is 25.2. The summed E-state index contributed by atoms with van der Waals surface area (Å²) in [7, 11) is 3.70. The molecule has 0 bridgehead atoms. The number of amides is 1. The Hall–Kier alpha value is -1.46. The van der Waals surface area contributed by atoms with Crippen molar-refractivity contribution in [2.45, 2.75) is 31.6 Å². The molecule has 1 unspecified atom stereocenters. The number of hydrazine groups is 1. The third-order valence-electron chi connectivity index (χ3n) is 4.33. The molecule has 0 radical (unpaired) electrons. The summed E-state index contributed by atoms with van der Waals surface area (Å²) in [5.41, 5.74) is 2.74. The van der Waals surface area contributed by atoms with Crippen molar-refractivity contribution in [1.29, 1.82) is 0 Å². The fraction of sp³-hybridized carbons (Fsp3) is 0.412. The van der Waals surface area contributed by atoms with Crippen LogP contribution in [0.25, 0.3) is 0 Å². The van der Waals surface area contributed by atoms with Gasteiger partial charge >= 0.3 is 0 Å². The predicted octanol–water partition coefficient (Wildman–Crippen LogP) is 3.25. The molecule has 5 heteroatoms. The van der Waals surface area contributed by atoms with Crippen molar-refractivity contribution in [3.05, 3.63) is 45.6 Å². The number of carbonyl (C=O) groups is 2. The highest BCUT2D eigenvalue weighted by Gasteiger charge is 2.40. The highest BCUT2D eigenvalue weighted by Crippen LogP contribution is 2.43. The highest BCUT2D eigenvalue weighted by atomic mass is 79.9. The van der Waals surface area contributed by atoms with Crippen molar-refractivity contribution in [2.75, 3.05) is 14.1 Å². The molecule has 22 heavy (non-hydrogen) atoms. The van der Waals surface area contributed by atoms with E-state index in [1.807, 2.05) is 38.4 Å². The van der Waals surface area contributed by atoms with Crippen LogP contribution in [0.1, 0.15) is 37.2 Å². The van der Waals surface area contributed by atoms with Gasteiger partial charge in [0, 0.05) is 48.6 Å². The van der Waals surface area contributed by atoms with Gasteiger partial charge in [-0.15, -0.1) is 0 Å². The summed E-state index contributed by atoms with van der Waals surface area (Å²) in [6.45, 7) is 0. The Balaban J connectivity index is 2.16. The summed E-state index contributed by atoms with van der Waals surface area (Å²) in [5, 5.41) is 3.46. The van der Waals surface area contributed by atoms with Crippen LogP contribution in [0.5, 0.6) is 0 Å². The average molecular weight is 363 g/mol. The number of nitrogens with zero attached hydrogens (tertiary/aromatic N) is 2. The van der Waals surface area contributed by atoms with Crippen molar-refractivity contribution in [3.8, 4) is 0 Å². The Morgan fingerprint density at radius 3 is 2.59 bits per heavy atom. The van der Waals surface area contributed by atoms with Gasteiger partial charge in [0.05, 0.1) is 0 Å². The Morgan fingerprint density at radius 1 is 1.18 bits per heavy atom. The molecule has 1 aromatic rings. The fourth-order valence-electron chi connectivity index (χ4n) is 3.46. The first-order valence-corrected chi connectivity index (χ1v) is 8.31. The summed E-state index contributed by atoms with van der Waals surface area (Å²) in [6.07, 6.45) is 2.52. The standard InChI is InChI=1S/C17H19BrN2O2/c1-19(2)20-14-8-5-9-15(21)17(14)12(10-16(20)22)11-6-3-4-7-13(11)18/h3-4,6-7,12H,5,8-10H2,1-2H3. The van der Waals surface area contributed by atoms with Crippen LogP contribution in [-0.2, 0) is 9.59 Å². The van der Waals surface area contributed by atoms with Gasteiger partial charge < -0.3 is 0 Å². The molecule has 3 rings (SSSR count). The normalized spacial score (nSPS) is 22.4. The number of allylic oxidation sites excluding steroid dienone is 2. The molecule has 1 heterocycles. The van der Waals surface area contributed by atoms with E-state index in [2.05, 4.69) is 15.9 Å². The van der Waals surface area contributed by atoms with Gasteiger partial charge in [-0.3, -0.25) is 9.59 Å². The molecule has 0 fully saturated rings. The summed E-state index contributed by atoms with van der Waals surface area (Å²) < 4.78 is 0.955. The molecule has 0 saturated carbocycles. The number of halogens is 1. The second-order valence-electron chi connectivity index (χ2n) is 5.97. The molecule has 1 amide bonds. The zero-order valence-corrected chi connectivity index (χ0v) is 14.4. The lowest BCUT2D eigenvalue weighted by molar-refractivity contribution is -0.143. The van der Waals surface area contributed by atoms with Crippen LogP contribution < -0.4 is 0 Å². The molecule has 116 valence electrons. The number of hydrogen-bond acceptors (Lipinski definition) is 3. The van der Waals surface area contributed by atoms with Gasteiger partial charge in [-0.1, -0.05) is 34.1 Å². The van der Waals surface area contributed by atoms with E-state index in [-0.39, 0.29) is 17.6 Å². The SMILES string of the molecule is CN(C)N1C(=O)CC(c2ccccc2Br)C2=C1CCCC2=O. The smallest absolute Gasteiger partial charge is 0.242 e. The van der Waals surface area contributed by atoms with E-state index in [0.717, 1.165) is 34.1 Å². The zero-order chi connectivity index (χ0) is 15.9. The summed E-state index contributed by atoms with van der Waals surface area (Å²) >= 11 is 3.56. The van der Waals surface area contributed by atoms with Crippen molar-refractivity contribution in [2.24, 2.45) is 0 Å². The van der Waals surface area contributed by atoms with Crippen molar-refractivity contribution in [3.63, 3.8) is 0 Å². The lowest BCUT2D eigenvalue weighted by Gasteiger charge is -2.41. The highest BCUT2D eigenvalue weighted by molar-refractivity contribution is 9.10. The van der Waals surface area contributed by atoms with Crippen LogP contribution in [0.4, 0.5) is 0 Å². The largest absolute Gasteiger partial charge is 0.294 e. The van der Waals surface area contributed by atoms with E-state index < -0.39 is 0 Å². The van der Waals surface area contributed by atoms with Gasteiger partial charge in [0.1, 0.15) is 0 Å². The average Bonchev–Trinajstić information content (AvgIpc) is 2.46. The maximum absolute atomic E-state index is 12.6. The van der Waals surface area contributed by atoms with Gasteiger partial charge in [-0.2, -0.15) is 0 Å². The molecule has 0 spiro atoms. The van der Waals surface area contributed by atoms with Crippen LogP contribution in [0.3, 0.4) is 0 Å². The van der Waals surface area contributed by atoms with Gasteiger partial charge in [0.15, 0.2) is 5.78 Å². The molecule has 1 aromatic carbocycles. The number of carbonyl (C=O) groups excluding carboxylic acids is 2. The summed E-state index contributed by atoms with van der Waals surface area (Å²) in [5.74, 6) is 0.0997. The Morgan fingerprint density at radius 2 is 1.91 bits per heavy atom. The molecule has 0 aromatic heterocycles. The number of rotatable bonds is 2. The van der Waals surface area contributed by atoms with Crippen LogP contribution in [-0.4, -0.2) is 35.8 Å². The molecule has 1 aliphatic carbocycles. The van der Waals surface area contributed by atoms with Crippen molar-refractivity contribution < 1.29 is 9.59 Å². The molecule has 1 aliphatic heterocycles. The Kier molecular flexibility index (Phi) is 4.19. The van der Waals surface area contributed by atoms with E-state index in [0.29, 0.717) is 12.8 Å². The van der Waals surface area contributed by atoms with E-state index >= 15 is 0 Å². The summed E-state index contributed by atoms with van der Waals surface area (Å²) in [6, 6.07) is 7.87. The lowest BCUT2D eigenvalue weighted by Crippen LogP contribution is -2.47. The molecule has 2 aliphatic rings. The number of hydrogen-bond donors (Lipinski definition) is 0. The third-order valence-corrected chi connectivity index (χ3v) is 5.05. The molecule has 0 saturated heterocycles. The van der Waals surface area contributed by atoms with E-state index in [9.17, 15) is 9.59 Å². The number of Topliss-reactive ketones (excluding diaryl/α,β-unsaturated/α-hetero) is 1. The van der Waals surface area contributed by atoms with Gasteiger partial charge in [-0.25, -0.2) is 10.0 Å². The van der Waals surface area contributed by atoms with E-state index in [1.165, 1.54) is 0 Å². The van der Waals surface area contributed by atoms with Crippen LogP contribution in [0.15, 0.2) is 40.0 Å². The monoisotopic (exact) mass is 362 g/mol. The van der Waals surface area contributed by atoms with Crippen molar-refractivity contribution in [1.82, 2.24) is 10.0 Å². The lowest BCUT2D eigenvalue weighted by atomic mass is 9.77. The number of benzene rings is 1. The van der Waals surface area contributed by atoms with Gasteiger partial charge in [-0.05, 0) is 24.5 Å². The first kappa shape index (κ1) is 15.4. The van der Waals surface area contributed by atoms with E-state index in [4.69, 9.17) is 0 Å². The second-order valence-corrected chi connectivity index (χ2v) is 6.82. The van der Waals surface area contributed by atoms with Gasteiger partial charge in [0.2, 0.25) is 5.91 Å². The van der Waals surface area contributed by atoms with Crippen LogP contribution >= 0.6 is 15.9 Å². The van der Waals surface area contributed by atoms with E-state index in [1.54, 1.807) is 10.0 Å². The molecule has 1 atom stereocenters. The minimum Gasteiger partial charge on any atom is -0.294 e. The topological polar surface area (TPSA) is 40.6 Å². The fourth-order valence-corrected chi connectivity index (χ4v) is 4.02. The predicted molar refractivity (Wildman–Crippen MR) is 87.9 cm³/mol. The Bertz CT molecular complexity index is 666. The first-order chi connectivity index (χ1) is 10.5. The minimum absolute atomic E-state index is 0.0548. The second kappa shape index (κ2) is 5.97. The quantitative estimate of drug-likeness (QED) is 0.810. The van der Waals surface area contributed by atoms with Crippen LogP contribution in [0, 0.1) is 0 Å². The minimum atomic E-state index is -0.137. The first-order valence-electron chi connectivity index (χ1n) is 7.51. The molecular formula is C17H19BrN2O2. The molecular weight excluding hydrogens is 344 g/mol.